The highest BCUT2D eigenvalue weighted by atomic mass is 32.1. The second-order valence-electron chi connectivity index (χ2n) is 4.72. The largest absolute Gasteiger partial charge is 0.508 e. The van der Waals surface area contributed by atoms with Crippen molar-refractivity contribution in [1.82, 2.24) is 4.98 Å². The molecule has 1 aromatic carbocycles. The number of hydrogen-bond acceptors (Lipinski definition) is 6. The van der Waals surface area contributed by atoms with Crippen LogP contribution in [-0.4, -0.2) is 10.1 Å². The minimum atomic E-state index is 0.0815. The highest BCUT2D eigenvalue weighted by Gasteiger charge is 2.21. The molecule has 0 unspecified atom stereocenters. The molecule has 0 saturated carbocycles. The van der Waals surface area contributed by atoms with Gasteiger partial charge in [-0.1, -0.05) is 18.2 Å². The van der Waals surface area contributed by atoms with Gasteiger partial charge in [-0.3, -0.25) is 0 Å². The number of nitrogens with two attached hydrogens (primary N) is 1. The molecule has 23 heavy (non-hydrogen) atoms. The normalized spacial score (nSPS) is 10.0. The summed E-state index contributed by atoms with van der Waals surface area (Å²) in [5.74, 6) is 0.184. The third kappa shape index (κ3) is 2.48. The molecule has 0 spiro atoms. The number of thiophene rings is 1. The van der Waals surface area contributed by atoms with Gasteiger partial charge in [0.1, 0.15) is 35.0 Å². The van der Waals surface area contributed by atoms with Crippen LogP contribution in [0, 0.1) is 22.7 Å². The average Bonchev–Trinajstić information content (AvgIpc) is 3.09. The Morgan fingerprint density at radius 1 is 1.04 bits per heavy atom. The van der Waals surface area contributed by atoms with Crippen LogP contribution in [0.5, 0.6) is 5.75 Å². The van der Waals surface area contributed by atoms with Crippen molar-refractivity contribution in [2.75, 3.05) is 5.73 Å². The Balaban J connectivity index is 2.39. The maximum atomic E-state index is 9.64. The molecule has 110 valence electrons. The lowest BCUT2D eigenvalue weighted by molar-refractivity contribution is 0.475. The Morgan fingerprint density at radius 2 is 1.74 bits per heavy atom. The molecule has 0 aliphatic heterocycles. The molecule has 0 amide bonds. The van der Waals surface area contributed by atoms with Crippen LogP contribution in [0.1, 0.15) is 11.1 Å². The van der Waals surface area contributed by atoms with Gasteiger partial charge in [-0.25, -0.2) is 4.98 Å². The topological polar surface area (TPSA) is 107 Å². The number of pyridine rings is 1. The van der Waals surface area contributed by atoms with Crippen LogP contribution in [0.2, 0.25) is 0 Å². The van der Waals surface area contributed by atoms with Crippen LogP contribution in [0.4, 0.5) is 5.82 Å². The Morgan fingerprint density at radius 3 is 2.30 bits per heavy atom. The lowest BCUT2D eigenvalue weighted by Crippen LogP contribution is -2.03. The molecule has 6 heteroatoms. The molecule has 5 nitrogen and oxygen atoms in total. The van der Waals surface area contributed by atoms with E-state index in [1.807, 2.05) is 23.6 Å². The van der Waals surface area contributed by atoms with Gasteiger partial charge in [0.2, 0.25) is 0 Å². The monoisotopic (exact) mass is 318 g/mol. The molecule has 0 bridgehead atoms. The summed E-state index contributed by atoms with van der Waals surface area (Å²) in [7, 11) is 0. The van der Waals surface area contributed by atoms with E-state index >= 15 is 0 Å². The third-order valence-electron chi connectivity index (χ3n) is 3.36. The molecule has 2 heterocycles. The van der Waals surface area contributed by atoms with Gasteiger partial charge >= 0.3 is 0 Å². The summed E-state index contributed by atoms with van der Waals surface area (Å²) in [6, 6.07) is 14.2. The molecule has 0 aliphatic rings. The summed E-state index contributed by atoms with van der Waals surface area (Å²) >= 11 is 1.44. The van der Waals surface area contributed by atoms with E-state index in [2.05, 4.69) is 11.1 Å². The molecule has 0 aliphatic carbocycles. The molecule has 0 fully saturated rings. The fourth-order valence-electron chi connectivity index (χ4n) is 2.33. The number of aromatic nitrogens is 1. The third-order valence-corrected chi connectivity index (χ3v) is 4.24. The number of anilines is 1. The van der Waals surface area contributed by atoms with Crippen molar-refractivity contribution >= 4 is 17.2 Å². The van der Waals surface area contributed by atoms with E-state index in [-0.39, 0.29) is 17.1 Å². The summed E-state index contributed by atoms with van der Waals surface area (Å²) in [4.78, 5) is 5.06. The van der Waals surface area contributed by atoms with Crippen molar-refractivity contribution in [3.63, 3.8) is 0 Å². The first-order chi connectivity index (χ1) is 11.2. The predicted octanol–water partition coefficient (Wildman–Crippen LogP) is 3.51. The van der Waals surface area contributed by atoms with Crippen LogP contribution in [0.25, 0.3) is 21.7 Å². The summed E-state index contributed by atoms with van der Waals surface area (Å²) in [5, 5.41) is 30.4. The second kappa shape index (κ2) is 5.80. The molecular formula is C17H10N4OS. The SMILES string of the molecule is N#Cc1c(N)nc(-c2cccs2)c(C#N)c1-c1ccc(O)cc1. The van der Waals surface area contributed by atoms with Gasteiger partial charge in [-0.05, 0) is 29.1 Å². The van der Waals surface area contributed by atoms with Gasteiger partial charge in [0.15, 0.2) is 0 Å². The van der Waals surface area contributed by atoms with Crippen LogP contribution < -0.4 is 5.73 Å². The van der Waals surface area contributed by atoms with Gasteiger partial charge in [-0.2, -0.15) is 10.5 Å². The van der Waals surface area contributed by atoms with Crippen molar-refractivity contribution in [2.24, 2.45) is 0 Å². The second-order valence-corrected chi connectivity index (χ2v) is 5.67. The van der Waals surface area contributed by atoms with Gasteiger partial charge in [-0.15, -0.1) is 11.3 Å². The summed E-state index contributed by atoms with van der Waals surface area (Å²) in [5.41, 5.74) is 7.92. The zero-order valence-corrected chi connectivity index (χ0v) is 12.6. The lowest BCUT2D eigenvalue weighted by Gasteiger charge is -2.12. The molecule has 0 radical (unpaired) electrons. The number of hydrogen-bond donors (Lipinski definition) is 2. The van der Waals surface area contributed by atoms with Crippen LogP contribution in [-0.2, 0) is 0 Å². The van der Waals surface area contributed by atoms with E-state index in [4.69, 9.17) is 5.73 Å². The number of aromatic hydroxyl groups is 1. The van der Waals surface area contributed by atoms with E-state index in [0.717, 1.165) is 4.88 Å². The number of rotatable bonds is 2. The van der Waals surface area contributed by atoms with Crippen LogP contribution >= 0.6 is 11.3 Å². The number of nitrogen functional groups attached to an aromatic ring is 1. The van der Waals surface area contributed by atoms with E-state index in [1.165, 1.54) is 23.5 Å². The van der Waals surface area contributed by atoms with Crippen LogP contribution in [0.15, 0.2) is 41.8 Å². The minimum absolute atomic E-state index is 0.0815. The molecule has 3 aromatic rings. The molecule has 3 N–H and O–H groups in total. The van der Waals surface area contributed by atoms with Gasteiger partial charge in [0, 0.05) is 5.56 Å². The number of phenols is 1. The number of nitriles is 2. The standard InChI is InChI=1S/C17H10N4OS/c18-8-12-15(10-3-5-11(22)6-4-10)13(9-19)17(20)21-16(12)14-2-1-7-23-14/h1-7,22H,(H2,20,21). The summed E-state index contributed by atoms with van der Waals surface area (Å²) in [6.07, 6.45) is 0. The molecule has 2 aromatic heterocycles. The van der Waals surface area contributed by atoms with E-state index in [9.17, 15) is 15.6 Å². The zero-order valence-electron chi connectivity index (χ0n) is 11.8. The highest BCUT2D eigenvalue weighted by Crippen LogP contribution is 2.37. The smallest absolute Gasteiger partial charge is 0.142 e. The summed E-state index contributed by atoms with van der Waals surface area (Å²) < 4.78 is 0. The average molecular weight is 318 g/mol. The summed E-state index contributed by atoms with van der Waals surface area (Å²) in [6.45, 7) is 0. The van der Waals surface area contributed by atoms with Crippen LogP contribution in [0.3, 0.4) is 0 Å². The first-order valence-electron chi connectivity index (χ1n) is 6.62. The minimum Gasteiger partial charge on any atom is -0.508 e. The predicted molar refractivity (Wildman–Crippen MR) is 88.5 cm³/mol. The highest BCUT2D eigenvalue weighted by molar-refractivity contribution is 7.13. The maximum Gasteiger partial charge on any atom is 0.142 e. The zero-order chi connectivity index (χ0) is 16.4. The molecule has 3 rings (SSSR count). The van der Waals surface area contributed by atoms with E-state index < -0.39 is 0 Å². The quantitative estimate of drug-likeness (QED) is 0.752. The number of nitrogens with zero attached hydrogens (tertiary/aromatic N) is 3. The van der Waals surface area contributed by atoms with Crippen molar-refractivity contribution in [3.8, 4) is 39.6 Å². The number of benzene rings is 1. The van der Waals surface area contributed by atoms with E-state index in [0.29, 0.717) is 22.4 Å². The van der Waals surface area contributed by atoms with Crippen molar-refractivity contribution in [1.29, 1.82) is 10.5 Å². The Labute approximate surface area is 136 Å². The van der Waals surface area contributed by atoms with Crippen molar-refractivity contribution in [2.45, 2.75) is 0 Å². The van der Waals surface area contributed by atoms with Gasteiger partial charge in [0.25, 0.3) is 0 Å². The lowest BCUT2D eigenvalue weighted by atomic mass is 9.94. The first kappa shape index (κ1) is 14.6. The Hall–Kier alpha value is -3.35. The Bertz CT molecular complexity index is 948. The molecule has 0 atom stereocenters. The maximum absolute atomic E-state index is 9.64. The molecular weight excluding hydrogens is 308 g/mol. The first-order valence-corrected chi connectivity index (χ1v) is 7.50. The van der Waals surface area contributed by atoms with Gasteiger partial charge in [0.05, 0.1) is 10.4 Å². The Kier molecular flexibility index (Phi) is 3.68. The molecule has 0 saturated heterocycles. The fourth-order valence-corrected chi connectivity index (χ4v) is 3.05. The fraction of sp³-hybridized carbons (Fsp3) is 0. The van der Waals surface area contributed by atoms with Crippen molar-refractivity contribution in [3.05, 3.63) is 52.9 Å². The van der Waals surface area contributed by atoms with Gasteiger partial charge < -0.3 is 10.8 Å². The number of phenolic OH excluding ortho intramolecular Hbond substituents is 1. The van der Waals surface area contributed by atoms with E-state index in [1.54, 1.807) is 12.1 Å². The van der Waals surface area contributed by atoms with Crippen molar-refractivity contribution < 1.29 is 5.11 Å².